The van der Waals surface area contributed by atoms with Crippen LogP contribution in [0.15, 0.2) is 24.4 Å². The average molecular weight is 442 g/mol. The van der Waals surface area contributed by atoms with Gasteiger partial charge in [0.2, 0.25) is 5.91 Å². The van der Waals surface area contributed by atoms with Gasteiger partial charge in [-0.05, 0) is 43.7 Å². The molecule has 8 nitrogen and oxygen atoms in total. The maximum atomic E-state index is 12.8. The van der Waals surface area contributed by atoms with Crippen LogP contribution in [0.4, 0.5) is 5.82 Å². The number of fused-ring (bicyclic) bond motifs is 2. The fourth-order valence-corrected chi connectivity index (χ4v) is 4.45. The number of nitriles is 1. The number of halogens is 2. The van der Waals surface area contributed by atoms with Crippen molar-refractivity contribution in [1.82, 2.24) is 15.2 Å². The molecule has 5 atom stereocenters. The first-order chi connectivity index (χ1) is 13.2. The molecule has 3 heterocycles. The molecule has 0 radical (unpaired) electrons. The zero-order valence-electron chi connectivity index (χ0n) is 15.8. The van der Waals surface area contributed by atoms with Crippen LogP contribution in [0.2, 0.25) is 0 Å². The molecule has 29 heavy (non-hydrogen) atoms. The number of rotatable bonds is 5. The third-order valence-corrected chi connectivity index (χ3v) is 5.72. The normalized spacial score (nSPS) is 29.5. The smallest absolute Gasteiger partial charge is 0.251 e. The number of aromatic nitrogens is 1. The number of carbonyl (C=O) groups is 2. The molecule has 0 aromatic carbocycles. The highest BCUT2D eigenvalue weighted by Crippen LogP contribution is 2.38. The summed E-state index contributed by atoms with van der Waals surface area (Å²) in [5.41, 5.74) is 0. The van der Waals surface area contributed by atoms with Gasteiger partial charge in [-0.25, -0.2) is 4.98 Å². The van der Waals surface area contributed by atoms with Crippen molar-refractivity contribution in [2.75, 3.05) is 18.5 Å². The standard InChI is InChI=1S/C19H23N5O3.2ClH/c20-10-13-4-3-7-24(13)19(26)18-12-8-14(22-18)15(9-12)27-11-17(25)23-16-5-1-2-6-21-16;;/h1-2,5-6,12-15,18,22H,3-4,7-9,11H2,(H,21,23,25);2*1H/t12-,13-,14+,15+,18-;;/m0../s1. The largest absolute Gasteiger partial charge is 0.367 e. The summed E-state index contributed by atoms with van der Waals surface area (Å²) < 4.78 is 5.79. The van der Waals surface area contributed by atoms with Gasteiger partial charge >= 0.3 is 0 Å². The van der Waals surface area contributed by atoms with Crippen LogP contribution in [0.1, 0.15) is 25.7 Å². The van der Waals surface area contributed by atoms with Gasteiger partial charge in [-0.15, -0.1) is 24.8 Å². The van der Waals surface area contributed by atoms with Crippen molar-refractivity contribution in [1.29, 1.82) is 5.26 Å². The van der Waals surface area contributed by atoms with Crippen LogP contribution in [0, 0.1) is 17.2 Å². The number of anilines is 1. The van der Waals surface area contributed by atoms with E-state index in [0.29, 0.717) is 12.4 Å². The second kappa shape index (κ2) is 10.2. The Bertz CT molecular complexity index is 760. The molecule has 2 N–H and O–H groups in total. The zero-order chi connectivity index (χ0) is 18.8. The first-order valence-corrected chi connectivity index (χ1v) is 9.44. The van der Waals surface area contributed by atoms with Crippen LogP contribution >= 0.6 is 24.8 Å². The molecule has 0 spiro atoms. The highest BCUT2D eigenvalue weighted by atomic mass is 35.5. The lowest BCUT2D eigenvalue weighted by Gasteiger charge is -2.32. The monoisotopic (exact) mass is 441 g/mol. The van der Waals surface area contributed by atoms with E-state index in [9.17, 15) is 14.9 Å². The van der Waals surface area contributed by atoms with Crippen molar-refractivity contribution in [3.63, 3.8) is 0 Å². The van der Waals surface area contributed by atoms with E-state index in [4.69, 9.17) is 4.74 Å². The molecule has 1 aliphatic carbocycles. The lowest BCUT2D eigenvalue weighted by atomic mass is 9.97. The molecule has 3 aliphatic rings. The summed E-state index contributed by atoms with van der Waals surface area (Å²) in [5, 5.41) is 15.3. The van der Waals surface area contributed by atoms with Gasteiger partial charge in [-0.1, -0.05) is 6.07 Å². The Morgan fingerprint density at radius 2 is 2.17 bits per heavy atom. The van der Waals surface area contributed by atoms with Crippen LogP contribution in [0.5, 0.6) is 0 Å². The Hall–Kier alpha value is -1.92. The van der Waals surface area contributed by atoms with Gasteiger partial charge < -0.3 is 20.3 Å². The Labute approximate surface area is 182 Å². The van der Waals surface area contributed by atoms with Gasteiger partial charge in [0, 0.05) is 18.8 Å². The minimum absolute atomic E-state index is 0. The number of hydrogen-bond acceptors (Lipinski definition) is 6. The molecule has 2 saturated heterocycles. The summed E-state index contributed by atoms with van der Waals surface area (Å²) in [5.74, 6) is 0.503. The molecular formula is C19H25Cl2N5O3. The molecule has 2 amide bonds. The Balaban J connectivity index is 0.00000150. The maximum Gasteiger partial charge on any atom is 0.251 e. The van der Waals surface area contributed by atoms with Crippen LogP contribution in [-0.4, -0.2) is 59.1 Å². The Kier molecular flexibility index (Phi) is 8.23. The van der Waals surface area contributed by atoms with Crippen LogP contribution in [-0.2, 0) is 14.3 Å². The predicted molar refractivity (Wildman–Crippen MR) is 111 cm³/mol. The van der Waals surface area contributed by atoms with E-state index < -0.39 is 0 Å². The van der Waals surface area contributed by atoms with E-state index in [0.717, 1.165) is 25.7 Å². The molecule has 3 fully saturated rings. The fraction of sp³-hybridized carbons (Fsp3) is 0.579. The highest BCUT2D eigenvalue weighted by Gasteiger charge is 2.50. The van der Waals surface area contributed by atoms with E-state index in [1.165, 1.54) is 0 Å². The number of carbonyl (C=O) groups excluding carboxylic acids is 2. The molecule has 10 heteroatoms. The van der Waals surface area contributed by atoms with E-state index in [-0.39, 0.29) is 73.4 Å². The van der Waals surface area contributed by atoms with Gasteiger partial charge in [-0.3, -0.25) is 9.59 Å². The summed E-state index contributed by atoms with van der Waals surface area (Å²) in [4.78, 5) is 30.6. The summed E-state index contributed by atoms with van der Waals surface area (Å²) in [6.07, 6.45) is 4.83. The number of likely N-dealkylation sites (tertiary alicyclic amines) is 1. The van der Waals surface area contributed by atoms with E-state index >= 15 is 0 Å². The van der Waals surface area contributed by atoms with Gasteiger partial charge in [0.1, 0.15) is 18.5 Å². The molecule has 2 bridgehead atoms. The second-order valence-corrected chi connectivity index (χ2v) is 7.41. The number of hydrogen-bond donors (Lipinski definition) is 2. The third kappa shape index (κ3) is 4.98. The van der Waals surface area contributed by atoms with E-state index in [1.54, 1.807) is 29.3 Å². The van der Waals surface area contributed by atoms with Crippen molar-refractivity contribution < 1.29 is 14.3 Å². The number of ether oxygens (including phenoxy) is 1. The maximum absolute atomic E-state index is 12.8. The SMILES string of the molecule is Cl.Cl.N#C[C@@H]1CCCN1C(=O)[C@H]1N[C@@H]2C[C@H]1C[C@H]2OCC(=O)Nc1ccccn1. The molecule has 4 rings (SSSR count). The quantitative estimate of drug-likeness (QED) is 0.716. The number of piperidine rings is 1. The second-order valence-electron chi connectivity index (χ2n) is 7.41. The van der Waals surface area contributed by atoms with Crippen LogP contribution in [0.25, 0.3) is 0 Å². The molecule has 2 aliphatic heterocycles. The van der Waals surface area contributed by atoms with Crippen molar-refractivity contribution in [2.24, 2.45) is 5.92 Å². The lowest BCUT2D eigenvalue weighted by Crippen LogP contribution is -2.54. The van der Waals surface area contributed by atoms with Crippen molar-refractivity contribution >= 4 is 42.4 Å². The fourth-order valence-electron chi connectivity index (χ4n) is 4.45. The van der Waals surface area contributed by atoms with Gasteiger partial charge in [0.25, 0.3) is 5.91 Å². The predicted octanol–water partition coefficient (Wildman–Crippen LogP) is 1.51. The minimum atomic E-state index is -0.291. The van der Waals surface area contributed by atoms with Gasteiger partial charge in [0.05, 0.1) is 18.2 Å². The number of nitrogens with zero attached hydrogens (tertiary/aromatic N) is 3. The first kappa shape index (κ1) is 23.4. The van der Waals surface area contributed by atoms with E-state index in [2.05, 4.69) is 21.7 Å². The molecule has 0 unspecified atom stereocenters. The van der Waals surface area contributed by atoms with Gasteiger partial charge in [-0.2, -0.15) is 5.26 Å². The summed E-state index contributed by atoms with van der Waals surface area (Å²) in [7, 11) is 0. The number of nitrogens with one attached hydrogen (secondary N) is 2. The summed E-state index contributed by atoms with van der Waals surface area (Å²) in [6.45, 7) is 0.633. The van der Waals surface area contributed by atoms with Crippen molar-refractivity contribution in [2.45, 2.75) is 49.9 Å². The molecular weight excluding hydrogens is 417 g/mol. The van der Waals surface area contributed by atoms with Crippen LogP contribution < -0.4 is 10.6 Å². The lowest BCUT2D eigenvalue weighted by molar-refractivity contribution is -0.135. The topological polar surface area (TPSA) is 107 Å². The van der Waals surface area contributed by atoms with E-state index in [1.807, 2.05) is 0 Å². The molecule has 1 saturated carbocycles. The van der Waals surface area contributed by atoms with Crippen LogP contribution in [0.3, 0.4) is 0 Å². The first-order valence-electron chi connectivity index (χ1n) is 9.44. The van der Waals surface area contributed by atoms with Crippen molar-refractivity contribution in [3.8, 4) is 6.07 Å². The third-order valence-electron chi connectivity index (χ3n) is 5.72. The number of pyridine rings is 1. The summed E-state index contributed by atoms with van der Waals surface area (Å²) in [6, 6.07) is 7.09. The summed E-state index contributed by atoms with van der Waals surface area (Å²) >= 11 is 0. The molecule has 158 valence electrons. The Morgan fingerprint density at radius 1 is 1.34 bits per heavy atom. The molecule has 1 aromatic rings. The Morgan fingerprint density at radius 3 is 2.83 bits per heavy atom. The molecule has 1 aromatic heterocycles. The van der Waals surface area contributed by atoms with Gasteiger partial charge in [0.15, 0.2) is 0 Å². The highest BCUT2D eigenvalue weighted by molar-refractivity contribution is 5.90. The number of amides is 2. The van der Waals surface area contributed by atoms with Crippen molar-refractivity contribution in [3.05, 3.63) is 24.4 Å². The zero-order valence-corrected chi connectivity index (χ0v) is 17.5. The minimum Gasteiger partial charge on any atom is -0.367 e. The average Bonchev–Trinajstić information content (AvgIpc) is 3.41.